The van der Waals surface area contributed by atoms with Crippen molar-refractivity contribution >= 4 is 30.0 Å². The molecule has 0 saturated heterocycles. The lowest BCUT2D eigenvalue weighted by Crippen LogP contribution is -2.03. The number of hydrogen-bond acceptors (Lipinski definition) is 5. The fourth-order valence-electron chi connectivity index (χ4n) is 2.37. The summed E-state index contributed by atoms with van der Waals surface area (Å²) < 4.78 is 14.2. The van der Waals surface area contributed by atoms with Crippen LogP contribution in [0.2, 0.25) is 5.02 Å². The van der Waals surface area contributed by atoms with E-state index >= 15 is 0 Å². The summed E-state index contributed by atoms with van der Waals surface area (Å²) in [4.78, 5) is 0. The molecular weight excluding hydrogens is 372 g/mol. The molecule has 0 amide bonds. The van der Waals surface area contributed by atoms with Crippen molar-refractivity contribution in [3.8, 4) is 11.5 Å². The maximum atomic E-state index is 6.19. The van der Waals surface area contributed by atoms with E-state index in [9.17, 15) is 0 Å². The van der Waals surface area contributed by atoms with Gasteiger partial charge in [-0.3, -0.25) is 0 Å². The zero-order valence-corrected chi connectivity index (χ0v) is 15.9. The van der Waals surface area contributed by atoms with E-state index in [1.165, 1.54) is 4.68 Å². The Morgan fingerprint density at radius 1 is 1.15 bits per heavy atom. The number of halogens is 1. The molecule has 0 bridgehead atoms. The number of methoxy groups -OCH3 is 2. The van der Waals surface area contributed by atoms with Crippen molar-refractivity contribution in [1.82, 2.24) is 14.5 Å². The van der Waals surface area contributed by atoms with E-state index in [0.717, 1.165) is 11.1 Å². The van der Waals surface area contributed by atoms with Gasteiger partial charge in [-0.05, 0) is 47.6 Å². The van der Waals surface area contributed by atoms with Gasteiger partial charge in [-0.25, -0.2) is 4.68 Å². The zero-order valence-electron chi connectivity index (χ0n) is 14.3. The predicted molar refractivity (Wildman–Crippen MR) is 104 cm³/mol. The third kappa shape index (κ3) is 3.95. The molecule has 1 aromatic heterocycles. The van der Waals surface area contributed by atoms with E-state index in [1.54, 1.807) is 31.4 Å². The standard InChI is InChI=1S/C18H17ClN4O2S/c1-24-16-8-7-13(9-17(16)25-2)10-20-23-12-21-22(18(23)26)11-14-5-3-4-6-15(14)19/h3-10,12H,11H2,1-2H3/b20-10-. The Labute approximate surface area is 161 Å². The maximum absolute atomic E-state index is 6.19. The van der Waals surface area contributed by atoms with Gasteiger partial charge in [0, 0.05) is 5.02 Å². The topological polar surface area (TPSA) is 53.6 Å². The number of ether oxygens (including phenoxy) is 2. The van der Waals surface area contributed by atoms with Crippen LogP contribution in [0.5, 0.6) is 11.5 Å². The smallest absolute Gasteiger partial charge is 0.219 e. The Bertz CT molecular complexity index is 997. The van der Waals surface area contributed by atoms with Crippen molar-refractivity contribution in [2.75, 3.05) is 14.2 Å². The van der Waals surface area contributed by atoms with Gasteiger partial charge in [0.15, 0.2) is 11.5 Å². The van der Waals surface area contributed by atoms with Crippen LogP contribution in [0.15, 0.2) is 53.9 Å². The fraction of sp³-hybridized carbons (Fsp3) is 0.167. The fourth-order valence-corrected chi connectivity index (χ4v) is 2.77. The second-order valence-corrected chi connectivity index (χ2v) is 6.14. The highest BCUT2D eigenvalue weighted by atomic mass is 35.5. The number of nitrogens with zero attached hydrogens (tertiary/aromatic N) is 4. The monoisotopic (exact) mass is 388 g/mol. The van der Waals surface area contributed by atoms with Crippen LogP contribution in [0.4, 0.5) is 0 Å². The molecule has 0 aliphatic heterocycles. The van der Waals surface area contributed by atoms with Crippen molar-refractivity contribution < 1.29 is 9.47 Å². The molecule has 0 saturated carbocycles. The van der Waals surface area contributed by atoms with Crippen molar-refractivity contribution in [1.29, 1.82) is 0 Å². The molecular formula is C18H17ClN4O2S. The summed E-state index contributed by atoms with van der Waals surface area (Å²) in [6.07, 6.45) is 3.25. The molecule has 0 N–H and O–H groups in total. The molecule has 3 rings (SSSR count). The summed E-state index contributed by atoms with van der Waals surface area (Å²) in [5.74, 6) is 1.29. The number of benzene rings is 2. The largest absolute Gasteiger partial charge is 0.493 e. The molecule has 134 valence electrons. The molecule has 1 heterocycles. The first kappa shape index (κ1) is 18.2. The molecule has 0 atom stereocenters. The summed E-state index contributed by atoms with van der Waals surface area (Å²) in [5.41, 5.74) is 1.79. The van der Waals surface area contributed by atoms with Gasteiger partial charge in [0.25, 0.3) is 0 Å². The van der Waals surface area contributed by atoms with Crippen LogP contribution in [-0.2, 0) is 6.54 Å². The predicted octanol–water partition coefficient (Wildman–Crippen LogP) is 4.02. The van der Waals surface area contributed by atoms with E-state index in [1.807, 2.05) is 42.5 Å². The number of rotatable bonds is 6. The van der Waals surface area contributed by atoms with Gasteiger partial charge in [0.1, 0.15) is 6.33 Å². The second-order valence-electron chi connectivity index (χ2n) is 5.37. The zero-order chi connectivity index (χ0) is 18.5. The van der Waals surface area contributed by atoms with Crippen molar-refractivity contribution in [3.05, 3.63) is 69.7 Å². The summed E-state index contributed by atoms with van der Waals surface area (Å²) in [6.45, 7) is 0.484. The van der Waals surface area contributed by atoms with Crippen molar-refractivity contribution in [2.24, 2.45) is 5.10 Å². The van der Waals surface area contributed by atoms with E-state index in [0.29, 0.717) is 27.8 Å². The van der Waals surface area contributed by atoms with Crippen LogP contribution in [-0.4, -0.2) is 34.9 Å². The Balaban J connectivity index is 1.81. The maximum Gasteiger partial charge on any atom is 0.219 e. The van der Waals surface area contributed by atoms with Gasteiger partial charge in [0.05, 0.1) is 27.0 Å². The van der Waals surface area contributed by atoms with E-state index in [-0.39, 0.29) is 0 Å². The molecule has 0 spiro atoms. The van der Waals surface area contributed by atoms with Gasteiger partial charge in [-0.1, -0.05) is 29.8 Å². The minimum atomic E-state index is 0.474. The molecule has 0 radical (unpaired) electrons. The minimum absolute atomic E-state index is 0.474. The lowest BCUT2D eigenvalue weighted by Gasteiger charge is -2.07. The van der Waals surface area contributed by atoms with Crippen LogP contribution >= 0.6 is 23.8 Å². The van der Waals surface area contributed by atoms with Crippen LogP contribution in [0.3, 0.4) is 0 Å². The molecule has 0 unspecified atom stereocenters. The highest BCUT2D eigenvalue weighted by Crippen LogP contribution is 2.26. The first-order chi connectivity index (χ1) is 12.6. The van der Waals surface area contributed by atoms with Gasteiger partial charge in [-0.2, -0.15) is 14.9 Å². The number of aromatic nitrogens is 3. The average Bonchev–Trinajstić information content (AvgIpc) is 3.01. The Morgan fingerprint density at radius 3 is 2.65 bits per heavy atom. The highest BCUT2D eigenvalue weighted by molar-refractivity contribution is 7.71. The van der Waals surface area contributed by atoms with Gasteiger partial charge in [-0.15, -0.1) is 0 Å². The lowest BCUT2D eigenvalue weighted by molar-refractivity contribution is 0.355. The van der Waals surface area contributed by atoms with Crippen molar-refractivity contribution in [2.45, 2.75) is 6.54 Å². The second kappa shape index (κ2) is 8.16. The normalized spacial score (nSPS) is 11.0. The first-order valence-corrected chi connectivity index (χ1v) is 8.55. The quantitative estimate of drug-likeness (QED) is 0.473. The average molecular weight is 389 g/mol. The minimum Gasteiger partial charge on any atom is -0.493 e. The molecule has 26 heavy (non-hydrogen) atoms. The van der Waals surface area contributed by atoms with Crippen LogP contribution in [0.1, 0.15) is 11.1 Å². The summed E-state index contributed by atoms with van der Waals surface area (Å²) >= 11 is 11.6. The molecule has 3 aromatic rings. The van der Waals surface area contributed by atoms with Gasteiger partial charge < -0.3 is 9.47 Å². The molecule has 6 nitrogen and oxygen atoms in total. The van der Waals surface area contributed by atoms with Crippen LogP contribution < -0.4 is 9.47 Å². The van der Waals surface area contributed by atoms with Gasteiger partial charge >= 0.3 is 0 Å². The first-order valence-electron chi connectivity index (χ1n) is 7.76. The van der Waals surface area contributed by atoms with E-state index in [4.69, 9.17) is 33.3 Å². The third-order valence-corrected chi connectivity index (χ3v) is 4.50. The summed E-state index contributed by atoms with van der Waals surface area (Å²) in [6, 6.07) is 13.1. The molecule has 0 aliphatic rings. The molecule has 0 fully saturated rings. The summed E-state index contributed by atoms with van der Waals surface area (Å²) in [5, 5.41) is 9.33. The van der Waals surface area contributed by atoms with Crippen LogP contribution in [0, 0.1) is 4.77 Å². The van der Waals surface area contributed by atoms with E-state index < -0.39 is 0 Å². The Hall–Kier alpha value is -2.64. The van der Waals surface area contributed by atoms with E-state index in [2.05, 4.69) is 10.2 Å². The van der Waals surface area contributed by atoms with Crippen molar-refractivity contribution in [3.63, 3.8) is 0 Å². The highest BCUT2D eigenvalue weighted by Gasteiger charge is 2.06. The molecule has 2 aromatic carbocycles. The summed E-state index contributed by atoms with van der Waals surface area (Å²) in [7, 11) is 3.19. The Morgan fingerprint density at radius 2 is 1.92 bits per heavy atom. The third-order valence-electron chi connectivity index (χ3n) is 3.73. The van der Waals surface area contributed by atoms with Crippen LogP contribution in [0.25, 0.3) is 0 Å². The lowest BCUT2D eigenvalue weighted by atomic mass is 10.2. The SMILES string of the molecule is COc1ccc(/C=N\n2cnn(Cc3ccccc3Cl)c2=S)cc1OC. The number of hydrogen-bond donors (Lipinski definition) is 0. The Kier molecular flexibility index (Phi) is 5.70. The molecule has 0 aliphatic carbocycles. The molecule has 8 heteroatoms. The van der Waals surface area contributed by atoms with Gasteiger partial charge in [0.2, 0.25) is 4.77 Å².